The van der Waals surface area contributed by atoms with Crippen LogP contribution in [0.15, 0.2) is 24.4 Å². The fourth-order valence-electron chi connectivity index (χ4n) is 5.46. The van der Waals surface area contributed by atoms with Crippen LogP contribution in [0.5, 0.6) is 0 Å². The molecule has 1 aromatic heterocycles. The highest BCUT2D eigenvalue weighted by atomic mass is 19.1. The third-order valence-electron chi connectivity index (χ3n) is 7.59. The van der Waals surface area contributed by atoms with Crippen molar-refractivity contribution < 1.29 is 13.2 Å². The smallest absolute Gasteiger partial charge is 0.148 e. The highest BCUT2D eigenvalue weighted by molar-refractivity contribution is 5.88. The van der Waals surface area contributed by atoms with Crippen LogP contribution in [-0.4, -0.2) is 71.6 Å². The minimum absolute atomic E-state index is 0.0643. The Kier molecular flexibility index (Phi) is 6.48. The van der Waals surface area contributed by atoms with E-state index in [1.807, 2.05) is 17.9 Å². The lowest BCUT2D eigenvalue weighted by Gasteiger charge is -2.43. The SMILES string of the molecule is C[C@@H]1Cc2c(ccc(N)c2C=N)[C@@H](c2ncc(NC3CN(CCCF)C3)cc2F)N1CC1(F)CC1. The number of rotatable bonds is 9. The molecule has 188 valence electrons. The number of aromatic nitrogens is 1. The Balaban J connectivity index is 1.43. The highest BCUT2D eigenvalue weighted by Crippen LogP contribution is 2.46. The van der Waals surface area contributed by atoms with E-state index in [-0.39, 0.29) is 31.0 Å². The van der Waals surface area contributed by atoms with Gasteiger partial charge in [0.1, 0.15) is 11.5 Å². The van der Waals surface area contributed by atoms with Crippen LogP contribution in [0.4, 0.5) is 24.5 Å². The molecule has 6 nitrogen and oxygen atoms in total. The van der Waals surface area contributed by atoms with Crippen LogP contribution in [0.2, 0.25) is 0 Å². The van der Waals surface area contributed by atoms with Crippen LogP contribution in [0, 0.1) is 11.2 Å². The minimum Gasteiger partial charge on any atom is -0.398 e. The van der Waals surface area contributed by atoms with Gasteiger partial charge in [-0.2, -0.15) is 0 Å². The summed E-state index contributed by atoms with van der Waals surface area (Å²) in [5.41, 5.74) is 8.64. The molecule has 9 heteroatoms. The molecule has 0 bridgehead atoms. The van der Waals surface area contributed by atoms with Crippen molar-refractivity contribution in [1.29, 1.82) is 5.41 Å². The van der Waals surface area contributed by atoms with Crippen LogP contribution in [0.3, 0.4) is 0 Å². The second-order valence-electron chi connectivity index (χ2n) is 10.3. The standard InChI is InChI=1S/C26H33F3N6/c1-16-9-20-19(3-4-23(31)21(20)11-30)25(35(16)15-26(29)5-6-26)24-22(28)10-17(12-32-24)33-18-13-34(14-18)8-2-7-27/h3-4,10-12,16,18,25,30,33H,2,5-9,13-15,31H2,1H3/t16-,25+/m1/s1. The number of nitrogens with zero attached hydrogens (tertiary/aromatic N) is 3. The van der Waals surface area contributed by atoms with Crippen LogP contribution < -0.4 is 11.1 Å². The van der Waals surface area contributed by atoms with E-state index in [2.05, 4.69) is 15.2 Å². The molecule has 1 saturated heterocycles. The average Bonchev–Trinajstić information content (AvgIpc) is 3.53. The van der Waals surface area contributed by atoms with Gasteiger partial charge in [0.15, 0.2) is 0 Å². The molecule has 3 aliphatic rings. The van der Waals surface area contributed by atoms with Gasteiger partial charge in [-0.1, -0.05) is 6.07 Å². The number of nitrogens with one attached hydrogen (secondary N) is 2. The topological polar surface area (TPSA) is 81.3 Å². The number of fused-ring (bicyclic) bond motifs is 1. The quantitative estimate of drug-likeness (QED) is 0.367. The zero-order valence-corrected chi connectivity index (χ0v) is 20.0. The lowest BCUT2D eigenvalue weighted by atomic mass is 9.83. The van der Waals surface area contributed by atoms with Crippen molar-refractivity contribution in [3.05, 3.63) is 52.6 Å². The molecular weight excluding hydrogens is 453 g/mol. The summed E-state index contributed by atoms with van der Waals surface area (Å²) in [4.78, 5) is 8.72. The summed E-state index contributed by atoms with van der Waals surface area (Å²) in [5, 5.41) is 11.2. The van der Waals surface area contributed by atoms with Crippen LogP contribution in [0.1, 0.15) is 54.6 Å². The maximum absolute atomic E-state index is 15.6. The molecule has 2 aliphatic heterocycles. The van der Waals surface area contributed by atoms with Gasteiger partial charge in [-0.25, -0.2) is 8.78 Å². The van der Waals surface area contributed by atoms with Crippen LogP contribution in [-0.2, 0) is 6.42 Å². The summed E-state index contributed by atoms with van der Waals surface area (Å²) in [6, 6.07) is 4.61. The van der Waals surface area contributed by atoms with Gasteiger partial charge in [0.2, 0.25) is 0 Å². The van der Waals surface area contributed by atoms with Gasteiger partial charge >= 0.3 is 0 Å². The summed E-state index contributed by atoms with van der Waals surface area (Å²) in [5.74, 6) is -0.449. The zero-order chi connectivity index (χ0) is 24.7. The first-order valence-electron chi connectivity index (χ1n) is 12.4. The van der Waals surface area contributed by atoms with Gasteiger partial charge in [-0.3, -0.25) is 19.2 Å². The predicted octanol–water partition coefficient (Wildman–Crippen LogP) is 4.09. The van der Waals surface area contributed by atoms with Crippen molar-refractivity contribution in [2.24, 2.45) is 0 Å². The number of nitrogens with two attached hydrogens (primary N) is 1. The molecule has 3 heterocycles. The van der Waals surface area contributed by atoms with E-state index in [9.17, 15) is 8.78 Å². The number of benzene rings is 1. The number of alkyl halides is 2. The van der Waals surface area contributed by atoms with Gasteiger partial charge in [-0.15, -0.1) is 0 Å². The van der Waals surface area contributed by atoms with Crippen molar-refractivity contribution in [2.45, 2.75) is 56.4 Å². The molecule has 5 rings (SSSR count). The summed E-state index contributed by atoms with van der Waals surface area (Å²) >= 11 is 0. The van der Waals surface area contributed by atoms with Gasteiger partial charge in [0, 0.05) is 55.8 Å². The molecule has 1 aromatic carbocycles. The molecular formula is C26H33F3N6. The predicted molar refractivity (Wildman–Crippen MR) is 132 cm³/mol. The molecule has 0 radical (unpaired) electrons. The monoisotopic (exact) mass is 486 g/mol. The summed E-state index contributed by atoms with van der Waals surface area (Å²) in [6.07, 6.45) is 5.06. The molecule has 2 aromatic rings. The van der Waals surface area contributed by atoms with E-state index in [1.54, 1.807) is 12.3 Å². The Bertz CT molecular complexity index is 1100. The number of halogens is 3. The lowest BCUT2D eigenvalue weighted by Crippen LogP contribution is -2.54. The lowest BCUT2D eigenvalue weighted by molar-refractivity contribution is 0.0946. The number of hydrogen-bond donors (Lipinski definition) is 3. The highest BCUT2D eigenvalue weighted by Gasteiger charge is 2.48. The van der Waals surface area contributed by atoms with Crippen LogP contribution >= 0.6 is 0 Å². The van der Waals surface area contributed by atoms with E-state index in [0.29, 0.717) is 42.6 Å². The Morgan fingerprint density at radius 1 is 1.31 bits per heavy atom. The summed E-state index contributed by atoms with van der Waals surface area (Å²) in [7, 11) is 0. The van der Waals surface area contributed by atoms with Gasteiger partial charge in [0.25, 0.3) is 0 Å². The fraction of sp³-hybridized carbons (Fsp3) is 0.538. The van der Waals surface area contributed by atoms with E-state index >= 15 is 4.39 Å². The summed E-state index contributed by atoms with van der Waals surface area (Å²) < 4.78 is 42.9. The molecule has 0 unspecified atom stereocenters. The molecule has 35 heavy (non-hydrogen) atoms. The molecule has 4 N–H and O–H groups in total. The van der Waals surface area contributed by atoms with Gasteiger partial charge in [0.05, 0.1) is 36.3 Å². The zero-order valence-electron chi connectivity index (χ0n) is 20.0. The van der Waals surface area contributed by atoms with E-state index in [0.717, 1.165) is 30.8 Å². The molecule has 2 fully saturated rings. The fourth-order valence-corrected chi connectivity index (χ4v) is 5.46. The number of nitrogen functional groups attached to an aromatic ring is 1. The second-order valence-corrected chi connectivity index (χ2v) is 10.3. The molecule has 0 amide bonds. The third-order valence-corrected chi connectivity index (χ3v) is 7.59. The Labute approximate surface area is 204 Å². The average molecular weight is 487 g/mol. The summed E-state index contributed by atoms with van der Waals surface area (Å²) in [6.45, 7) is 4.22. The number of likely N-dealkylation sites (tertiary alicyclic amines) is 1. The van der Waals surface area contributed by atoms with Crippen molar-refractivity contribution >= 4 is 17.6 Å². The molecule has 1 aliphatic carbocycles. The first-order chi connectivity index (χ1) is 16.8. The second kappa shape index (κ2) is 9.43. The Morgan fingerprint density at radius 3 is 2.74 bits per heavy atom. The Morgan fingerprint density at radius 2 is 2.09 bits per heavy atom. The number of pyridine rings is 1. The van der Waals surface area contributed by atoms with Crippen molar-refractivity contribution in [3.8, 4) is 0 Å². The maximum atomic E-state index is 15.6. The first kappa shape index (κ1) is 24.1. The largest absolute Gasteiger partial charge is 0.398 e. The molecule has 2 atom stereocenters. The Hall–Kier alpha value is -2.65. The normalized spacial score (nSPS) is 24.0. The first-order valence-corrected chi connectivity index (χ1v) is 12.4. The molecule has 0 spiro atoms. The van der Waals surface area contributed by atoms with Crippen molar-refractivity contribution in [1.82, 2.24) is 14.8 Å². The van der Waals surface area contributed by atoms with Gasteiger partial charge in [-0.05, 0) is 49.8 Å². The van der Waals surface area contributed by atoms with Crippen molar-refractivity contribution in [2.75, 3.05) is 43.9 Å². The van der Waals surface area contributed by atoms with Crippen LogP contribution in [0.25, 0.3) is 0 Å². The number of hydrogen-bond acceptors (Lipinski definition) is 6. The van der Waals surface area contributed by atoms with E-state index in [4.69, 9.17) is 11.1 Å². The van der Waals surface area contributed by atoms with E-state index in [1.165, 1.54) is 12.3 Å². The number of anilines is 2. The minimum atomic E-state index is -1.24. The third kappa shape index (κ3) is 4.76. The molecule has 1 saturated carbocycles. The van der Waals surface area contributed by atoms with Gasteiger partial charge < -0.3 is 16.5 Å². The maximum Gasteiger partial charge on any atom is 0.148 e. The van der Waals surface area contributed by atoms with E-state index < -0.39 is 17.5 Å². The van der Waals surface area contributed by atoms with Crippen molar-refractivity contribution in [3.63, 3.8) is 0 Å².